The van der Waals surface area contributed by atoms with E-state index >= 15 is 0 Å². The van der Waals surface area contributed by atoms with Gasteiger partial charge in [-0.05, 0) is 56.2 Å². The van der Waals surface area contributed by atoms with Gasteiger partial charge in [-0.1, -0.05) is 12.5 Å². The summed E-state index contributed by atoms with van der Waals surface area (Å²) in [6.45, 7) is 2.69. The van der Waals surface area contributed by atoms with Crippen LogP contribution in [0.5, 0.6) is 0 Å². The molecule has 152 valence electrons. The van der Waals surface area contributed by atoms with Crippen molar-refractivity contribution in [2.24, 2.45) is 0 Å². The summed E-state index contributed by atoms with van der Waals surface area (Å²) in [5.74, 6) is 0.320. The van der Waals surface area contributed by atoms with E-state index in [-0.39, 0.29) is 23.4 Å². The fraction of sp³-hybridized carbons (Fsp3) is 0.350. The molecule has 0 saturated carbocycles. The third-order valence-electron chi connectivity index (χ3n) is 5.26. The summed E-state index contributed by atoms with van der Waals surface area (Å²) in [5.41, 5.74) is 1.10. The number of nitrogens with zero attached hydrogens (tertiary/aromatic N) is 4. The van der Waals surface area contributed by atoms with E-state index in [4.69, 9.17) is 0 Å². The molecule has 1 fully saturated rings. The smallest absolute Gasteiger partial charge is 0.251 e. The van der Waals surface area contributed by atoms with Gasteiger partial charge >= 0.3 is 0 Å². The van der Waals surface area contributed by atoms with Crippen LogP contribution in [0, 0.1) is 0 Å². The molecule has 2 aromatic heterocycles. The first-order valence-corrected chi connectivity index (χ1v) is 11.1. The topological polar surface area (TPSA) is 96.7 Å². The van der Waals surface area contributed by atoms with Crippen LogP contribution >= 0.6 is 0 Å². The van der Waals surface area contributed by atoms with Crippen LogP contribution in [0.15, 0.2) is 53.6 Å². The Bertz CT molecular complexity index is 1120. The van der Waals surface area contributed by atoms with Gasteiger partial charge < -0.3 is 5.32 Å². The third kappa shape index (κ3) is 3.88. The molecule has 29 heavy (non-hydrogen) atoms. The first-order valence-electron chi connectivity index (χ1n) is 9.65. The van der Waals surface area contributed by atoms with E-state index in [0.29, 0.717) is 23.6 Å². The molecule has 1 N–H and O–H groups in total. The van der Waals surface area contributed by atoms with Crippen molar-refractivity contribution in [2.45, 2.75) is 43.7 Å². The first-order chi connectivity index (χ1) is 14.0. The maximum absolute atomic E-state index is 12.9. The van der Waals surface area contributed by atoms with Crippen molar-refractivity contribution in [3.63, 3.8) is 0 Å². The van der Waals surface area contributed by atoms with E-state index in [1.165, 1.54) is 12.1 Å². The minimum atomic E-state index is -3.55. The molecule has 1 aliphatic heterocycles. The number of aromatic nitrogens is 3. The highest BCUT2D eigenvalue weighted by atomic mass is 32.2. The molecule has 0 spiro atoms. The van der Waals surface area contributed by atoms with Gasteiger partial charge in [0.15, 0.2) is 11.5 Å². The molecule has 3 aromatic rings. The second kappa shape index (κ2) is 7.92. The zero-order valence-electron chi connectivity index (χ0n) is 16.2. The summed E-state index contributed by atoms with van der Waals surface area (Å²) >= 11 is 0. The fourth-order valence-corrected chi connectivity index (χ4v) is 5.31. The summed E-state index contributed by atoms with van der Waals surface area (Å²) in [5, 5.41) is 10.9. The minimum Gasteiger partial charge on any atom is -0.345 e. The Morgan fingerprint density at radius 2 is 1.93 bits per heavy atom. The molecule has 8 nitrogen and oxygen atoms in total. The molecule has 4 rings (SSSR count). The zero-order chi connectivity index (χ0) is 20.4. The Labute approximate surface area is 169 Å². The number of carbonyl (C=O) groups is 1. The van der Waals surface area contributed by atoms with Crippen LogP contribution in [0.1, 0.15) is 42.4 Å². The predicted molar refractivity (Wildman–Crippen MR) is 108 cm³/mol. The Balaban J connectivity index is 1.45. The number of fused-ring (bicyclic) bond motifs is 1. The maximum Gasteiger partial charge on any atom is 0.251 e. The quantitative estimate of drug-likeness (QED) is 0.692. The van der Waals surface area contributed by atoms with Crippen molar-refractivity contribution in [3.8, 4) is 0 Å². The van der Waals surface area contributed by atoms with Crippen molar-refractivity contribution < 1.29 is 13.2 Å². The molecule has 1 saturated heterocycles. The lowest BCUT2D eigenvalue weighted by atomic mass is 10.1. The van der Waals surface area contributed by atoms with Gasteiger partial charge in [0.05, 0.1) is 11.4 Å². The number of benzene rings is 1. The molecule has 0 radical (unpaired) electrons. The largest absolute Gasteiger partial charge is 0.345 e. The molecule has 1 atom stereocenters. The van der Waals surface area contributed by atoms with Crippen LogP contribution in [0.2, 0.25) is 0 Å². The monoisotopic (exact) mass is 413 g/mol. The number of rotatable bonds is 5. The van der Waals surface area contributed by atoms with Crippen LogP contribution in [-0.4, -0.2) is 45.8 Å². The molecular weight excluding hydrogens is 390 g/mol. The molecule has 1 aromatic carbocycles. The van der Waals surface area contributed by atoms with Gasteiger partial charge in [-0.3, -0.25) is 9.20 Å². The van der Waals surface area contributed by atoms with Gasteiger partial charge in [-0.2, -0.15) is 4.31 Å². The molecule has 0 aliphatic carbocycles. The summed E-state index contributed by atoms with van der Waals surface area (Å²) < 4.78 is 29.1. The summed E-state index contributed by atoms with van der Waals surface area (Å²) in [6, 6.07) is 11.6. The van der Waals surface area contributed by atoms with E-state index in [9.17, 15) is 13.2 Å². The number of pyridine rings is 1. The number of hydrogen-bond donors (Lipinski definition) is 1. The van der Waals surface area contributed by atoms with Crippen molar-refractivity contribution in [1.29, 1.82) is 0 Å². The van der Waals surface area contributed by atoms with Crippen LogP contribution in [0.3, 0.4) is 0 Å². The van der Waals surface area contributed by atoms with E-state index in [0.717, 1.165) is 19.3 Å². The van der Waals surface area contributed by atoms with Crippen molar-refractivity contribution >= 4 is 21.6 Å². The van der Waals surface area contributed by atoms with Crippen molar-refractivity contribution in [1.82, 2.24) is 24.2 Å². The lowest BCUT2D eigenvalue weighted by Gasteiger charge is -2.32. The van der Waals surface area contributed by atoms with E-state index < -0.39 is 10.0 Å². The Morgan fingerprint density at radius 1 is 1.14 bits per heavy atom. The average Bonchev–Trinajstić information content (AvgIpc) is 3.15. The molecule has 1 aliphatic rings. The highest BCUT2D eigenvalue weighted by Gasteiger charge is 2.30. The van der Waals surface area contributed by atoms with Gasteiger partial charge in [0.1, 0.15) is 0 Å². The number of amides is 1. The zero-order valence-corrected chi connectivity index (χ0v) is 17.0. The number of piperidine rings is 1. The number of sulfonamides is 1. The SMILES string of the molecule is C[C@@H]1CCCCN1S(=O)(=O)c1ccc(C(=O)NCc2nnc3ccccn23)cc1. The van der Waals surface area contributed by atoms with E-state index in [1.807, 2.05) is 31.3 Å². The first kappa shape index (κ1) is 19.5. The summed E-state index contributed by atoms with van der Waals surface area (Å²) in [4.78, 5) is 12.7. The van der Waals surface area contributed by atoms with Crippen LogP contribution in [0.25, 0.3) is 5.65 Å². The van der Waals surface area contributed by atoms with Gasteiger partial charge in [0, 0.05) is 24.3 Å². The van der Waals surface area contributed by atoms with Gasteiger partial charge in [-0.25, -0.2) is 8.42 Å². The number of nitrogens with one attached hydrogen (secondary N) is 1. The Hall–Kier alpha value is -2.78. The molecule has 0 unspecified atom stereocenters. The lowest BCUT2D eigenvalue weighted by Crippen LogP contribution is -2.41. The molecule has 3 heterocycles. The number of hydrogen-bond acceptors (Lipinski definition) is 5. The highest BCUT2D eigenvalue weighted by Crippen LogP contribution is 2.25. The Morgan fingerprint density at radius 3 is 2.69 bits per heavy atom. The van der Waals surface area contributed by atoms with Crippen LogP contribution in [-0.2, 0) is 16.6 Å². The van der Waals surface area contributed by atoms with E-state index in [1.54, 1.807) is 20.8 Å². The molecule has 1 amide bonds. The van der Waals surface area contributed by atoms with Gasteiger partial charge in [0.25, 0.3) is 5.91 Å². The molecule has 9 heteroatoms. The standard InChI is InChI=1S/C20H23N5O3S/c1-15-6-2-5-13-25(15)29(27,28)17-10-8-16(9-11-17)20(26)21-14-19-23-22-18-7-3-4-12-24(18)19/h3-4,7-12,15H,2,5-6,13-14H2,1H3,(H,21,26)/t15-/m1/s1. The van der Waals surface area contributed by atoms with Crippen LogP contribution < -0.4 is 5.32 Å². The molecular formula is C20H23N5O3S. The highest BCUT2D eigenvalue weighted by molar-refractivity contribution is 7.89. The summed E-state index contributed by atoms with van der Waals surface area (Å²) in [6.07, 6.45) is 4.63. The second-order valence-corrected chi connectivity index (χ2v) is 9.10. The normalized spacial score (nSPS) is 18.0. The lowest BCUT2D eigenvalue weighted by molar-refractivity contribution is 0.0949. The fourth-order valence-electron chi connectivity index (χ4n) is 3.62. The molecule has 0 bridgehead atoms. The summed E-state index contributed by atoms with van der Waals surface area (Å²) in [7, 11) is -3.55. The minimum absolute atomic E-state index is 0.00490. The average molecular weight is 414 g/mol. The van der Waals surface area contributed by atoms with Gasteiger partial charge in [0.2, 0.25) is 10.0 Å². The third-order valence-corrected chi connectivity index (χ3v) is 7.28. The van der Waals surface area contributed by atoms with Gasteiger partial charge in [-0.15, -0.1) is 10.2 Å². The second-order valence-electron chi connectivity index (χ2n) is 7.21. The van der Waals surface area contributed by atoms with Crippen molar-refractivity contribution in [3.05, 3.63) is 60.0 Å². The van der Waals surface area contributed by atoms with Crippen molar-refractivity contribution in [2.75, 3.05) is 6.54 Å². The maximum atomic E-state index is 12.9. The Kier molecular flexibility index (Phi) is 5.33. The van der Waals surface area contributed by atoms with Crippen LogP contribution in [0.4, 0.5) is 0 Å². The van der Waals surface area contributed by atoms with E-state index in [2.05, 4.69) is 15.5 Å². The predicted octanol–water partition coefficient (Wildman–Crippen LogP) is 2.22. The number of carbonyl (C=O) groups excluding carboxylic acids is 1.